The highest BCUT2D eigenvalue weighted by Crippen LogP contribution is 2.22. The minimum absolute atomic E-state index is 0.0376. The van der Waals surface area contributed by atoms with Gasteiger partial charge in [-0.25, -0.2) is 9.59 Å². The fraction of sp³-hybridized carbons (Fsp3) is 0.222. The highest BCUT2D eigenvalue weighted by atomic mass is 32.1. The van der Waals surface area contributed by atoms with Gasteiger partial charge in [-0.15, -0.1) is 11.3 Å². The number of thiophene rings is 1. The second-order valence-electron chi connectivity index (χ2n) is 2.49. The molecule has 0 aliphatic carbocycles. The lowest BCUT2D eigenvalue weighted by Gasteiger charge is -2.01. The minimum Gasteiger partial charge on any atom is -0.465 e. The van der Waals surface area contributed by atoms with Gasteiger partial charge >= 0.3 is 11.9 Å². The van der Waals surface area contributed by atoms with Crippen LogP contribution in [0.25, 0.3) is 0 Å². The summed E-state index contributed by atoms with van der Waals surface area (Å²) >= 11 is 0.994. The maximum atomic E-state index is 11.3. The highest BCUT2D eigenvalue weighted by molar-refractivity contribution is 7.12. The topological polar surface area (TPSA) is 69.7 Å². The van der Waals surface area contributed by atoms with Gasteiger partial charge in [-0.2, -0.15) is 0 Å². The first kappa shape index (κ1) is 11.4. The molecule has 0 aromatic carbocycles. The van der Waals surface area contributed by atoms with Crippen molar-refractivity contribution in [3.63, 3.8) is 0 Å². The van der Waals surface area contributed by atoms with E-state index in [9.17, 15) is 14.4 Å². The van der Waals surface area contributed by atoms with Crippen LogP contribution in [0.1, 0.15) is 30.4 Å². The number of rotatable bonds is 3. The molecule has 80 valence electrons. The molecule has 15 heavy (non-hydrogen) atoms. The zero-order valence-electron chi connectivity index (χ0n) is 8.10. The summed E-state index contributed by atoms with van der Waals surface area (Å²) < 4.78 is 8.95. The zero-order chi connectivity index (χ0) is 11.4. The van der Waals surface area contributed by atoms with E-state index in [-0.39, 0.29) is 16.0 Å². The Kier molecular flexibility index (Phi) is 3.56. The van der Waals surface area contributed by atoms with Crippen molar-refractivity contribution in [2.75, 3.05) is 14.2 Å². The largest absolute Gasteiger partial charge is 0.465 e. The zero-order valence-corrected chi connectivity index (χ0v) is 8.92. The maximum absolute atomic E-state index is 11.3. The molecule has 6 heteroatoms. The molecule has 1 heterocycles. The number of methoxy groups -OCH3 is 2. The Bertz CT molecular complexity index is 407. The first-order valence-corrected chi connectivity index (χ1v) is 4.77. The van der Waals surface area contributed by atoms with Crippen LogP contribution in [-0.2, 0) is 9.47 Å². The number of hydrogen-bond donors (Lipinski definition) is 0. The predicted octanol–water partition coefficient (Wildman–Crippen LogP) is 1.13. The van der Waals surface area contributed by atoms with Crippen LogP contribution >= 0.6 is 11.3 Å². The first-order valence-electron chi connectivity index (χ1n) is 3.89. The van der Waals surface area contributed by atoms with Crippen molar-refractivity contribution in [2.24, 2.45) is 0 Å². The quantitative estimate of drug-likeness (QED) is 0.573. The van der Waals surface area contributed by atoms with E-state index in [2.05, 4.69) is 9.47 Å². The number of esters is 2. The number of carbonyl (C=O) groups is 3. The standard InChI is InChI=1S/C9H8O5S/c1-13-8(11)5-4-15-6(3-10)7(5)9(12)14-2/h3-4H,1-2H3. The molecule has 0 fully saturated rings. The SMILES string of the molecule is COC(=O)c1csc(C=O)c1C(=O)OC. The second-order valence-corrected chi connectivity index (χ2v) is 3.40. The van der Waals surface area contributed by atoms with Crippen LogP contribution in [-0.4, -0.2) is 32.4 Å². The molecule has 0 bridgehead atoms. The fourth-order valence-corrected chi connectivity index (χ4v) is 1.86. The van der Waals surface area contributed by atoms with Crippen molar-refractivity contribution in [1.82, 2.24) is 0 Å². The monoisotopic (exact) mass is 228 g/mol. The van der Waals surface area contributed by atoms with Gasteiger partial charge in [0.2, 0.25) is 0 Å². The Morgan fingerprint density at radius 3 is 2.33 bits per heavy atom. The lowest BCUT2D eigenvalue weighted by Crippen LogP contribution is -2.10. The lowest BCUT2D eigenvalue weighted by molar-refractivity contribution is 0.0555. The Balaban J connectivity index is 3.29. The van der Waals surface area contributed by atoms with Gasteiger partial charge in [-0.1, -0.05) is 0 Å². The van der Waals surface area contributed by atoms with E-state index >= 15 is 0 Å². The van der Waals surface area contributed by atoms with Gasteiger partial charge in [0.15, 0.2) is 6.29 Å². The van der Waals surface area contributed by atoms with E-state index in [0.29, 0.717) is 6.29 Å². The van der Waals surface area contributed by atoms with Crippen LogP contribution in [0, 0.1) is 0 Å². The van der Waals surface area contributed by atoms with Crippen LogP contribution in [0.15, 0.2) is 5.38 Å². The molecule has 0 spiro atoms. The van der Waals surface area contributed by atoms with E-state index in [1.807, 2.05) is 0 Å². The molecule has 0 amide bonds. The van der Waals surface area contributed by atoms with Crippen LogP contribution in [0.3, 0.4) is 0 Å². The average Bonchev–Trinajstić information content (AvgIpc) is 2.70. The first-order chi connectivity index (χ1) is 7.15. The van der Waals surface area contributed by atoms with Gasteiger partial charge in [0.25, 0.3) is 0 Å². The molecule has 0 saturated carbocycles. The summed E-state index contributed by atoms with van der Waals surface area (Å²) in [6.07, 6.45) is 0.503. The number of carbonyl (C=O) groups excluding carboxylic acids is 3. The molecule has 0 aliphatic heterocycles. The highest BCUT2D eigenvalue weighted by Gasteiger charge is 2.24. The summed E-state index contributed by atoms with van der Waals surface area (Å²) in [5.41, 5.74) is 0.0146. The lowest BCUT2D eigenvalue weighted by atomic mass is 10.1. The van der Waals surface area contributed by atoms with E-state index in [4.69, 9.17) is 0 Å². The van der Waals surface area contributed by atoms with Crippen LogP contribution in [0.5, 0.6) is 0 Å². The third-order valence-corrected chi connectivity index (χ3v) is 2.63. The second kappa shape index (κ2) is 4.70. The van der Waals surface area contributed by atoms with E-state index in [1.165, 1.54) is 19.6 Å². The van der Waals surface area contributed by atoms with Crippen molar-refractivity contribution in [2.45, 2.75) is 0 Å². The molecule has 0 N–H and O–H groups in total. The van der Waals surface area contributed by atoms with Crippen molar-refractivity contribution < 1.29 is 23.9 Å². The Morgan fingerprint density at radius 2 is 1.87 bits per heavy atom. The fourth-order valence-electron chi connectivity index (χ4n) is 1.03. The van der Waals surface area contributed by atoms with Gasteiger partial charge < -0.3 is 9.47 Å². The van der Waals surface area contributed by atoms with Crippen molar-refractivity contribution in [1.29, 1.82) is 0 Å². The Morgan fingerprint density at radius 1 is 1.27 bits per heavy atom. The number of ether oxygens (including phenoxy) is 2. The molecular formula is C9H8O5S. The normalized spacial score (nSPS) is 9.47. The summed E-state index contributed by atoms with van der Waals surface area (Å²) in [4.78, 5) is 33.3. The smallest absolute Gasteiger partial charge is 0.340 e. The summed E-state index contributed by atoms with van der Waals surface area (Å²) in [5.74, 6) is -1.39. The van der Waals surface area contributed by atoms with Gasteiger partial charge in [0.05, 0.1) is 30.2 Å². The molecule has 0 radical (unpaired) electrons. The Hall–Kier alpha value is -1.69. The molecular weight excluding hydrogens is 220 g/mol. The van der Waals surface area contributed by atoms with Crippen molar-refractivity contribution in [3.05, 3.63) is 21.4 Å². The maximum Gasteiger partial charge on any atom is 0.340 e. The van der Waals surface area contributed by atoms with Gasteiger partial charge in [0, 0.05) is 5.38 Å². The minimum atomic E-state index is -0.723. The van der Waals surface area contributed by atoms with Crippen LogP contribution < -0.4 is 0 Å². The summed E-state index contributed by atoms with van der Waals surface area (Å²) in [6.45, 7) is 0. The molecule has 0 aliphatic rings. The summed E-state index contributed by atoms with van der Waals surface area (Å²) in [5, 5.41) is 1.39. The van der Waals surface area contributed by atoms with E-state index < -0.39 is 11.9 Å². The van der Waals surface area contributed by atoms with Crippen LogP contribution in [0.2, 0.25) is 0 Å². The molecule has 1 rings (SSSR count). The van der Waals surface area contributed by atoms with Crippen molar-refractivity contribution >= 4 is 29.6 Å². The van der Waals surface area contributed by atoms with Gasteiger partial charge in [0.1, 0.15) is 0 Å². The predicted molar refractivity (Wildman–Crippen MR) is 52.4 cm³/mol. The molecule has 1 aromatic rings. The van der Waals surface area contributed by atoms with E-state index in [0.717, 1.165) is 11.3 Å². The molecule has 0 atom stereocenters. The summed E-state index contributed by atoms with van der Waals surface area (Å²) in [6, 6.07) is 0. The average molecular weight is 228 g/mol. The van der Waals surface area contributed by atoms with Crippen molar-refractivity contribution in [3.8, 4) is 0 Å². The molecule has 0 saturated heterocycles. The van der Waals surface area contributed by atoms with Crippen LogP contribution in [0.4, 0.5) is 0 Å². The van der Waals surface area contributed by atoms with E-state index in [1.54, 1.807) is 0 Å². The number of aldehydes is 1. The summed E-state index contributed by atoms with van der Waals surface area (Å²) in [7, 11) is 2.37. The Labute approximate surface area is 89.6 Å². The number of hydrogen-bond acceptors (Lipinski definition) is 6. The third kappa shape index (κ3) is 2.04. The third-order valence-electron chi connectivity index (χ3n) is 1.72. The molecule has 5 nitrogen and oxygen atoms in total. The van der Waals surface area contributed by atoms with Gasteiger partial charge in [-0.3, -0.25) is 4.79 Å². The van der Waals surface area contributed by atoms with Gasteiger partial charge in [-0.05, 0) is 0 Å². The molecule has 0 unspecified atom stereocenters. The molecule has 1 aromatic heterocycles.